The van der Waals surface area contributed by atoms with Crippen molar-refractivity contribution in [2.24, 2.45) is 5.92 Å². The second-order valence-corrected chi connectivity index (χ2v) is 7.64. The van der Waals surface area contributed by atoms with Crippen LogP contribution in [0.5, 0.6) is 5.75 Å². The maximum absolute atomic E-state index is 13.2. The molecule has 0 bridgehead atoms. The molecular formula is C24H19FN4O2. The largest absolute Gasteiger partial charge is 0.489 e. The van der Waals surface area contributed by atoms with E-state index >= 15 is 0 Å². The number of rotatable bonds is 3. The summed E-state index contributed by atoms with van der Waals surface area (Å²) in [6.45, 7) is 2.07. The number of hydrogen-bond donors (Lipinski definition) is 0. The van der Waals surface area contributed by atoms with Crippen molar-refractivity contribution in [2.45, 2.75) is 0 Å². The molecule has 0 unspecified atom stereocenters. The summed E-state index contributed by atoms with van der Waals surface area (Å²) in [5, 5.41) is 9.02. The highest BCUT2D eigenvalue weighted by molar-refractivity contribution is 5.99. The van der Waals surface area contributed by atoms with Gasteiger partial charge in [-0.1, -0.05) is 12.1 Å². The summed E-state index contributed by atoms with van der Waals surface area (Å²) < 4.78 is 19.1. The number of ether oxygens (including phenoxy) is 1. The van der Waals surface area contributed by atoms with Crippen LogP contribution >= 0.6 is 0 Å². The molecular weight excluding hydrogens is 395 g/mol. The maximum atomic E-state index is 13.2. The molecule has 2 aliphatic rings. The van der Waals surface area contributed by atoms with Crippen molar-refractivity contribution >= 4 is 17.3 Å². The van der Waals surface area contributed by atoms with Crippen molar-refractivity contribution in [3.63, 3.8) is 0 Å². The summed E-state index contributed by atoms with van der Waals surface area (Å²) in [6, 6.07) is 15.6. The molecule has 3 heterocycles. The third kappa shape index (κ3) is 3.46. The van der Waals surface area contributed by atoms with Crippen LogP contribution in [0.3, 0.4) is 0 Å². The summed E-state index contributed by atoms with van der Waals surface area (Å²) in [6.07, 6.45) is 3.38. The van der Waals surface area contributed by atoms with Crippen LogP contribution in [0.2, 0.25) is 0 Å². The molecule has 0 saturated carbocycles. The lowest BCUT2D eigenvalue weighted by Gasteiger charge is -2.43. The van der Waals surface area contributed by atoms with E-state index in [1.54, 1.807) is 41.6 Å². The number of carbonyl (C=O) groups is 1. The Labute approximate surface area is 179 Å². The van der Waals surface area contributed by atoms with Crippen molar-refractivity contribution < 1.29 is 13.9 Å². The molecule has 1 fully saturated rings. The normalized spacial score (nSPS) is 15.5. The van der Waals surface area contributed by atoms with Crippen molar-refractivity contribution in [1.82, 2.24) is 4.98 Å². The number of fused-ring (bicyclic) bond motifs is 1. The number of hydrogen-bond acceptors (Lipinski definition) is 5. The van der Waals surface area contributed by atoms with Gasteiger partial charge in [0.15, 0.2) is 5.75 Å². The van der Waals surface area contributed by atoms with Gasteiger partial charge in [-0.15, -0.1) is 0 Å². The SMILES string of the molecule is N#Cc1ccc(-c2cncc3c2OCCN3C(=O)C2CN(c3ccc(F)cc3)C2)cc1. The van der Waals surface area contributed by atoms with Gasteiger partial charge in [0.1, 0.15) is 18.1 Å². The highest BCUT2D eigenvalue weighted by atomic mass is 19.1. The Balaban J connectivity index is 1.36. The standard InChI is InChI=1S/C24H19FN4O2/c25-19-5-7-20(8-6-19)28-14-18(15-28)24(30)29-9-10-31-23-21(12-27-13-22(23)29)17-3-1-16(11-26)2-4-17/h1-8,12-13,18H,9-10,14-15H2. The van der Waals surface area contributed by atoms with E-state index in [0.717, 1.165) is 16.8 Å². The number of amides is 1. The fourth-order valence-electron chi connectivity index (χ4n) is 4.02. The van der Waals surface area contributed by atoms with E-state index in [9.17, 15) is 9.18 Å². The van der Waals surface area contributed by atoms with E-state index in [1.165, 1.54) is 12.1 Å². The molecule has 1 aromatic heterocycles. The second-order valence-electron chi connectivity index (χ2n) is 7.64. The predicted molar refractivity (Wildman–Crippen MR) is 114 cm³/mol. The first-order valence-corrected chi connectivity index (χ1v) is 10.1. The van der Waals surface area contributed by atoms with Gasteiger partial charge in [0.05, 0.1) is 30.3 Å². The zero-order chi connectivity index (χ0) is 21.4. The molecule has 0 N–H and O–H groups in total. The Morgan fingerprint density at radius 1 is 1.10 bits per heavy atom. The minimum absolute atomic E-state index is 0.0432. The van der Waals surface area contributed by atoms with Crippen molar-refractivity contribution in [2.75, 3.05) is 36.0 Å². The Hall–Kier alpha value is -3.92. The van der Waals surface area contributed by atoms with Gasteiger partial charge >= 0.3 is 0 Å². The molecule has 31 heavy (non-hydrogen) atoms. The zero-order valence-corrected chi connectivity index (χ0v) is 16.7. The van der Waals surface area contributed by atoms with E-state index in [-0.39, 0.29) is 17.6 Å². The van der Waals surface area contributed by atoms with Crippen molar-refractivity contribution in [1.29, 1.82) is 5.26 Å². The summed E-state index contributed by atoms with van der Waals surface area (Å²) in [7, 11) is 0. The Morgan fingerprint density at radius 3 is 2.55 bits per heavy atom. The van der Waals surface area contributed by atoms with Gasteiger partial charge in [0, 0.05) is 30.5 Å². The number of halogens is 1. The van der Waals surface area contributed by atoms with E-state index < -0.39 is 0 Å². The Morgan fingerprint density at radius 2 is 1.84 bits per heavy atom. The van der Waals surface area contributed by atoms with E-state index in [1.807, 2.05) is 12.1 Å². The molecule has 1 saturated heterocycles. The number of carbonyl (C=O) groups excluding carboxylic acids is 1. The minimum atomic E-state index is -0.271. The fraction of sp³-hybridized carbons (Fsp3) is 0.208. The smallest absolute Gasteiger partial charge is 0.233 e. The number of benzene rings is 2. The first-order valence-electron chi connectivity index (χ1n) is 10.1. The summed E-state index contributed by atoms with van der Waals surface area (Å²) >= 11 is 0. The van der Waals surface area contributed by atoms with Crippen LogP contribution < -0.4 is 14.5 Å². The molecule has 2 aromatic carbocycles. The second kappa shape index (κ2) is 7.73. The first kappa shape index (κ1) is 19.1. The van der Waals surface area contributed by atoms with Crippen LogP contribution in [0, 0.1) is 23.1 Å². The Kier molecular flexibility index (Phi) is 4.75. The molecule has 1 amide bonds. The molecule has 0 spiro atoms. The molecule has 5 rings (SSSR count). The van der Waals surface area contributed by atoms with E-state index in [4.69, 9.17) is 10.00 Å². The van der Waals surface area contributed by atoms with Gasteiger partial charge in [0.2, 0.25) is 5.91 Å². The molecule has 7 heteroatoms. The molecule has 154 valence electrons. The topological polar surface area (TPSA) is 69.5 Å². The van der Waals surface area contributed by atoms with Crippen LogP contribution in [-0.4, -0.2) is 37.1 Å². The zero-order valence-electron chi connectivity index (χ0n) is 16.7. The first-order chi connectivity index (χ1) is 15.1. The lowest BCUT2D eigenvalue weighted by atomic mass is 9.96. The number of nitrogens with zero attached hydrogens (tertiary/aromatic N) is 4. The van der Waals surface area contributed by atoms with Crippen LogP contribution in [-0.2, 0) is 4.79 Å². The molecule has 0 aliphatic carbocycles. The van der Waals surface area contributed by atoms with E-state index in [2.05, 4.69) is 16.0 Å². The maximum Gasteiger partial charge on any atom is 0.233 e. The number of aromatic nitrogens is 1. The average molecular weight is 414 g/mol. The van der Waals surface area contributed by atoms with Gasteiger partial charge < -0.3 is 14.5 Å². The van der Waals surface area contributed by atoms with Crippen molar-refractivity contribution in [3.05, 3.63) is 72.3 Å². The quantitative estimate of drug-likeness (QED) is 0.655. The molecule has 3 aromatic rings. The molecule has 6 nitrogen and oxygen atoms in total. The summed E-state index contributed by atoms with van der Waals surface area (Å²) in [4.78, 5) is 21.4. The Bertz CT molecular complexity index is 1170. The molecule has 0 radical (unpaired) electrons. The van der Waals surface area contributed by atoms with Crippen LogP contribution in [0.4, 0.5) is 15.8 Å². The highest BCUT2D eigenvalue weighted by Gasteiger charge is 2.38. The monoisotopic (exact) mass is 414 g/mol. The lowest BCUT2D eigenvalue weighted by Crippen LogP contribution is -2.56. The van der Waals surface area contributed by atoms with Crippen LogP contribution in [0.25, 0.3) is 11.1 Å². The van der Waals surface area contributed by atoms with E-state index in [0.29, 0.717) is 43.2 Å². The van der Waals surface area contributed by atoms with Gasteiger partial charge in [-0.2, -0.15) is 5.26 Å². The summed E-state index contributed by atoms with van der Waals surface area (Å²) in [5.41, 5.74) is 3.83. The number of anilines is 2. The van der Waals surface area contributed by atoms with Gasteiger partial charge in [-0.05, 0) is 42.0 Å². The van der Waals surface area contributed by atoms with Gasteiger partial charge in [-0.3, -0.25) is 9.78 Å². The van der Waals surface area contributed by atoms with Crippen LogP contribution in [0.15, 0.2) is 60.9 Å². The third-order valence-corrected chi connectivity index (χ3v) is 5.74. The molecule has 0 atom stereocenters. The third-order valence-electron chi connectivity index (χ3n) is 5.74. The van der Waals surface area contributed by atoms with Gasteiger partial charge in [0.25, 0.3) is 0 Å². The lowest BCUT2D eigenvalue weighted by molar-refractivity contribution is -0.123. The highest BCUT2D eigenvalue weighted by Crippen LogP contribution is 2.41. The van der Waals surface area contributed by atoms with Crippen molar-refractivity contribution in [3.8, 4) is 22.9 Å². The number of nitriles is 1. The summed E-state index contributed by atoms with van der Waals surface area (Å²) in [5.74, 6) is 0.276. The predicted octanol–water partition coefficient (Wildman–Crippen LogP) is 3.62. The van der Waals surface area contributed by atoms with Crippen LogP contribution in [0.1, 0.15) is 5.56 Å². The fourth-order valence-corrected chi connectivity index (χ4v) is 4.02. The van der Waals surface area contributed by atoms with Gasteiger partial charge in [-0.25, -0.2) is 4.39 Å². The molecule has 2 aliphatic heterocycles. The minimum Gasteiger partial charge on any atom is -0.489 e. The average Bonchev–Trinajstić information content (AvgIpc) is 2.78. The number of pyridine rings is 1.